The normalized spacial score (nSPS) is 13.7. The van der Waals surface area contributed by atoms with Crippen LogP contribution >= 0.6 is 0 Å². The van der Waals surface area contributed by atoms with E-state index in [1.54, 1.807) is 59.9 Å². The van der Waals surface area contributed by atoms with Crippen LogP contribution in [0.1, 0.15) is 42.0 Å². The number of urea groups is 1. The Balaban J connectivity index is 2.24. The Morgan fingerprint density at radius 3 is 2.05 bits per heavy atom. The van der Waals surface area contributed by atoms with Crippen LogP contribution in [-0.2, 0) is 12.0 Å². The van der Waals surface area contributed by atoms with Gasteiger partial charge in [0.1, 0.15) is 18.1 Å². The molecule has 3 aromatic carbocycles. The topological polar surface area (TPSA) is 50.4 Å². The minimum absolute atomic E-state index is 0.0753. The molecule has 0 aromatic heterocycles. The Morgan fingerprint density at radius 2 is 1.50 bits per heavy atom. The quantitative estimate of drug-likeness (QED) is 0.246. The van der Waals surface area contributed by atoms with Crippen LogP contribution in [0.4, 0.5) is 39.9 Å². The molecule has 0 aliphatic rings. The second kappa shape index (κ2) is 12.1. The minimum atomic E-state index is -4.97. The molecule has 4 nitrogen and oxygen atoms in total. The first-order chi connectivity index (χ1) is 18.6. The van der Waals surface area contributed by atoms with Gasteiger partial charge in [0.2, 0.25) is 0 Å². The number of amides is 2. The molecular formula is C28H26F8N2O2. The maximum Gasteiger partial charge on any atom is 0.461 e. The van der Waals surface area contributed by atoms with Gasteiger partial charge in [0.15, 0.2) is 0 Å². The Kier molecular flexibility index (Phi) is 9.32. The molecule has 0 saturated heterocycles. The Labute approximate surface area is 225 Å². The number of halogens is 8. The molecule has 0 fully saturated rings. The van der Waals surface area contributed by atoms with Crippen LogP contribution in [0.15, 0.2) is 72.8 Å². The number of alkyl halides is 7. The zero-order chi connectivity index (χ0) is 29.7. The van der Waals surface area contributed by atoms with Gasteiger partial charge in [-0.1, -0.05) is 68.4 Å². The van der Waals surface area contributed by atoms with Crippen molar-refractivity contribution >= 4 is 6.03 Å². The molecule has 2 amide bonds. The Bertz CT molecular complexity index is 1280. The van der Waals surface area contributed by atoms with E-state index in [1.165, 1.54) is 0 Å². The lowest BCUT2D eigenvalue weighted by molar-refractivity contribution is -0.253. The van der Waals surface area contributed by atoms with E-state index >= 15 is 0 Å². The van der Waals surface area contributed by atoms with E-state index in [0.717, 1.165) is 17.7 Å². The van der Waals surface area contributed by atoms with Crippen LogP contribution in [0.2, 0.25) is 0 Å². The van der Waals surface area contributed by atoms with Crippen LogP contribution in [0.5, 0.6) is 5.75 Å². The van der Waals surface area contributed by atoms with Gasteiger partial charge in [0.25, 0.3) is 0 Å². The number of hydrogen-bond acceptors (Lipinski definition) is 2. The van der Waals surface area contributed by atoms with Crippen molar-refractivity contribution < 1.29 is 44.7 Å². The maximum absolute atomic E-state index is 14.8. The third-order valence-electron chi connectivity index (χ3n) is 6.03. The summed E-state index contributed by atoms with van der Waals surface area (Å²) in [6.45, 7) is 2.13. The first-order valence-electron chi connectivity index (χ1n) is 12.0. The lowest BCUT2D eigenvalue weighted by Crippen LogP contribution is -2.53. The SMILES string of the molecule is CC(C)c1ccc([C@@](Cc2ccccc2)(NC(=O)NCC(F)(F)F)c2cc(F)cc(OC(F)(F)C(F)F)c2)cc1. The van der Waals surface area contributed by atoms with Crippen molar-refractivity contribution in [3.8, 4) is 5.75 Å². The van der Waals surface area contributed by atoms with E-state index < -0.39 is 48.4 Å². The van der Waals surface area contributed by atoms with Crippen molar-refractivity contribution in [3.63, 3.8) is 0 Å². The molecule has 0 radical (unpaired) electrons. The lowest BCUT2D eigenvalue weighted by atomic mass is 9.77. The smallest absolute Gasteiger partial charge is 0.428 e. The van der Waals surface area contributed by atoms with Gasteiger partial charge in [0.05, 0.1) is 5.54 Å². The molecule has 0 saturated carbocycles. The zero-order valence-electron chi connectivity index (χ0n) is 21.3. The van der Waals surface area contributed by atoms with Crippen molar-refractivity contribution in [2.75, 3.05) is 6.54 Å². The number of carbonyl (C=O) groups excluding carboxylic acids is 1. The van der Waals surface area contributed by atoms with Gasteiger partial charge in [-0.2, -0.15) is 30.7 Å². The largest absolute Gasteiger partial charge is 0.461 e. The highest BCUT2D eigenvalue weighted by molar-refractivity contribution is 5.76. The number of nitrogens with one attached hydrogen (secondary N) is 2. The number of benzene rings is 3. The molecule has 12 heteroatoms. The van der Waals surface area contributed by atoms with Gasteiger partial charge in [-0.05, 0) is 40.3 Å². The Hall–Kier alpha value is -3.83. The predicted molar refractivity (Wildman–Crippen MR) is 132 cm³/mol. The summed E-state index contributed by atoms with van der Waals surface area (Å²) in [5.74, 6) is -2.08. The second-order valence-corrected chi connectivity index (χ2v) is 9.41. The predicted octanol–water partition coefficient (Wildman–Crippen LogP) is 7.53. The summed E-state index contributed by atoms with van der Waals surface area (Å²) in [6.07, 6.45) is -14.1. The third kappa shape index (κ3) is 7.86. The third-order valence-corrected chi connectivity index (χ3v) is 6.03. The molecule has 0 unspecified atom stereocenters. The van der Waals surface area contributed by atoms with E-state index in [1.807, 2.05) is 13.8 Å². The van der Waals surface area contributed by atoms with Crippen molar-refractivity contribution in [3.05, 3.63) is 101 Å². The highest BCUT2D eigenvalue weighted by Crippen LogP contribution is 2.38. The fraction of sp³-hybridized carbons (Fsp3) is 0.321. The average molecular weight is 575 g/mol. The minimum Gasteiger partial charge on any atom is -0.428 e. The van der Waals surface area contributed by atoms with Crippen LogP contribution in [-0.4, -0.2) is 31.3 Å². The monoisotopic (exact) mass is 574 g/mol. The molecular weight excluding hydrogens is 548 g/mol. The van der Waals surface area contributed by atoms with E-state index in [-0.39, 0.29) is 23.5 Å². The number of ether oxygens (including phenoxy) is 1. The van der Waals surface area contributed by atoms with Gasteiger partial charge in [0, 0.05) is 12.5 Å². The average Bonchev–Trinajstić information content (AvgIpc) is 2.86. The second-order valence-electron chi connectivity index (χ2n) is 9.41. The van der Waals surface area contributed by atoms with Crippen molar-refractivity contribution in [1.82, 2.24) is 10.6 Å². The zero-order valence-corrected chi connectivity index (χ0v) is 21.3. The Morgan fingerprint density at radius 1 is 0.875 bits per heavy atom. The molecule has 0 heterocycles. The molecule has 216 valence electrons. The van der Waals surface area contributed by atoms with Crippen LogP contribution in [0.25, 0.3) is 0 Å². The number of hydrogen-bond donors (Lipinski definition) is 2. The summed E-state index contributed by atoms with van der Waals surface area (Å²) in [5, 5.41) is 4.16. The maximum atomic E-state index is 14.8. The van der Waals surface area contributed by atoms with Gasteiger partial charge in [-0.25, -0.2) is 9.18 Å². The van der Waals surface area contributed by atoms with Crippen LogP contribution < -0.4 is 15.4 Å². The molecule has 0 bridgehead atoms. The summed E-state index contributed by atoms with van der Waals surface area (Å²) in [5.41, 5.74) is -0.474. The molecule has 40 heavy (non-hydrogen) atoms. The molecule has 1 atom stereocenters. The fourth-order valence-corrected chi connectivity index (χ4v) is 4.10. The highest BCUT2D eigenvalue weighted by atomic mass is 19.4. The molecule has 2 N–H and O–H groups in total. The van der Waals surface area contributed by atoms with Crippen LogP contribution in [0, 0.1) is 5.82 Å². The standard InChI is InChI=1S/C28H26F8N2O2/c1-17(2)19-8-10-20(11-9-19)26(15-18-6-4-3-5-7-18,38-25(39)37-16-27(32,33)34)21-12-22(29)14-23(13-21)40-28(35,36)24(30)31/h3-14,17,24H,15-16H2,1-2H3,(H2,37,38,39)/t26-/m1/s1. The molecule has 0 spiro atoms. The van der Waals surface area contributed by atoms with Crippen molar-refractivity contribution in [1.29, 1.82) is 0 Å². The van der Waals surface area contributed by atoms with Gasteiger partial charge in [-0.3, -0.25) is 0 Å². The summed E-state index contributed by atoms with van der Waals surface area (Å²) in [7, 11) is 0. The summed E-state index contributed by atoms with van der Waals surface area (Å²) in [6, 6.07) is 15.6. The molecule has 0 aliphatic carbocycles. The van der Waals surface area contributed by atoms with Crippen LogP contribution in [0.3, 0.4) is 0 Å². The first-order valence-corrected chi connectivity index (χ1v) is 12.0. The lowest BCUT2D eigenvalue weighted by Gasteiger charge is -2.37. The van der Waals surface area contributed by atoms with Crippen molar-refractivity contribution in [2.45, 2.75) is 50.4 Å². The van der Waals surface area contributed by atoms with E-state index in [9.17, 15) is 39.9 Å². The fourth-order valence-electron chi connectivity index (χ4n) is 4.10. The molecule has 3 aromatic rings. The van der Waals surface area contributed by atoms with Crippen molar-refractivity contribution in [2.24, 2.45) is 0 Å². The summed E-state index contributed by atoms with van der Waals surface area (Å²) in [4.78, 5) is 12.8. The van der Waals surface area contributed by atoms with Gasteiger partial charge in [-0.15, -0.1) is 0 Å². The molecule has 3 rings (SSSR count). The van der Waals surface area contributed by atoms with Gasteiger partial charge >= 0.3 is 24.7 Å². The van der Waals surface area contributed by atoms with E-state index in [4.69, 9.17) is 0 Å². The molecule has 0 aliphatic heterocycles. The highest BCUT2D eigenvalue weighted by Gasteiger charge is 2.45. The summed E-state index contributed by atoms with van der Waals surface area (Å²) >= 11 is 0. The first kappa shape index (κ1) is 30.7. The van der Waals surface area contributed by atoms with E-state index in [2.05, 4.69) is 10.1 Å². The van der Waals surface area contributed by atoms with E-state index in [0.29, 0.717) is 11.6 Å². The number of carbonyl (C=O) groups is 1. The summed E-state index contributed by atoms with van der Waals surface area (Å²) < 4.78 is 111. The number of rotatable bonds is 10. The van der Waals surface area contributed by atoms with Gasteiger partial charge < -0.3 is 15.4 Å².